The summed E-state index contributed by atoms with van der Waals surface area (Å²) >= 11 is 0. The third-order valence-corrected chi connectivity index (χ3v) is 3.91. The molecule has 1 heterocycles. The zero-order valence-corrected chi connectivity index (χ0v) is 18.4. The molecule has 2 rings (SSSR count). The SMILES string of the molecule is CCNC(=NCC(C)c1cccc(C)c1)NCCCc1nc(C)no1.I. The van der Waals surface area contributed by atoms with E-state index in [0.717, 1.165) is 38.4 Å². The Labute approximate surface area is 173 Å². The van der Waals surface area contributed by atoms with Gasteiger partial charge in [-0.05, 0) is 32.8 Å². The van der Waals surface area contributed by atoms with Gasteiger partial charge >= 0.3 is 0 Å². The molecule has 26 heavy (non-hydrogen) atoms. The Hall–Kier alpha value is -1.64. The maximum atomic E-state index is 5.12. The number of hydrogen-bond donors (Lipinski definition) is 2. The zero-order valence-electron chi connectivity index (χ0n) is 16.1. The van der Waals surface area contributed by atoms with Crippen LogP contribution in [0, 0.1) is 13.8 Å². The van der Waals surface area contributed by atoms with Crippen molar-refractivity contribution in [3.63, 3.8) is 0 Å². The third-order valence-electron chi connectivity index (χ3n) is 3.91. The molecular formula is C19H30IN5O. The molecule has 2 N–H and O–H groups in total. The van der Waals surface area contributed by atoms with Crippen LogP contribution in [0.5, 0.6) is 0 Å². The Morgan fingerprint density at radius 3 is 2.73 bits per heavy atom. The maximum absolute atomic E-state index is 5.12. The lowest BCUT2D eigenvalue weighted by Gasteiger charge is -2.14. The van der Waals surface area contributed by atoms with Crippen LogP contribution in [-0.4, -0.2) is 35.7 Å². The van der Waals surface area contributed by atoms with Gasteiger partial charge in [0.05, 0.1) is 0 Å². The molecule has 7 heteroatoms. The molecule has 0 amide bonds. The second-order valence-corrected chi connectivity index (χ2v) is 6.30. The van der Waals surface area contributed by atoms with Crippen LogP contribution in [0.4, 0.5) is 0 Å². The molecule has 144 valence electrons. The van der Waals surface area contributed by atoms with Crippen LogP contribution in [0.3, 0.4) is 0 Å². The van der Waals surface area contributed by atoms with Gasteiger partial charge in [0.25, 0.3) is 0 Å². The van der Waals surface area contributed by atoms with E-state index in [0.29, 0.717) is 17.6 Å². The molecule has 0 saturated heterocycles. The smallest absolute Gasteiger partial charge is 0.226 e. The van der Waals surface area contributed by atoms with Crippen LogP contribution < -0.4 is 10.6 Å². The Balaban J connectivity index is 0.00000338. The van der Waals surface area contributed by atoms with Gasteiger partial charge in [0.15, 0.2) is 11.8 Å². The fraction of sp³-hybridized carbons (Fsp3) is 0.526. The first-order valence-corrected chi connectivity index (χ1v) is 8.96. The number of aryl methyl sites for hydroxylation is 3. The number of guanidine groups is 1. The van der Waals surface area contributed by atoms with Crippen LogP contribution in [0.25, 0.3) is 0 Å². The van der Waals surface area contributed by atoms with Crippen molar-refractivity contribution < 1.29 is 4.52 Å². The van der Waals surface area contributed by atoms with E-state index < -0.39 is 0 Å². The second kappa shape index (κ2) is 11.9. The summed E-state index contributed by atoms with van der Waals surface area (Å²) in [6.07, 6.45) is 1.69. The summed E-state index contributed by atoms with van der Waals surface area (Å²) in [4.78, 5) is 8.92. The molecule has 0 fully saturated rings. The number of nitrogens with one attached hydrogen (secondary N) is 2. The van der Waals surface area contributed by atoms with E-state index in [2.05, 4.69) is 65.8 Å². The molecule has 0 radical (unpaired) electrons. The number of benzene rings is 1. The summed E-state index contributed by atoms with van der Waals surface area (Å²) in [6, 6.07) is 8.62. The summed E-state index contributed by atoms with van der Waals surface area (Å²) < 4.78 is 5.12. The van der Waals surface area contributed by atoms with Crippen molar-refractivity contribution in [2.45, 2.75) is 46.5 Å². The lowest BCUT2D eigenvalue weighted by molar-refractivity contribution is 0.372. The first-order valence-electron chi connectivity index (χ1n) is 8.96. The molecule has 2 aromatic rings. The van der Waals surface area contributed by atoms with Crippen molar-refractivity contribution in [3.8, 4) is 0 Å². The highest BCUT2D eigenvalue weighted by Gasteiger charge is 2.06. The highest BCUT2D eigenvalue weighted by atomic mass is 127. The fourth-order valence-corrected chi connectivity index (χ4v) is 2.54. The summed E-state index contributed by atoms with van der Waals surface area (Å²) in [5.41, 5.74) is 2.61. The minimum atomic E-state index is 0. The van der Waals surface area contributed by atoms with E-state index in [-0.39, 0.29) is 24.0 Å². The van der Waals surface area contributed by atoms with Crippen LogP contribution in [0.15, 0.2) is 33.8 Å². The van der Waals surface area contributed by atoms with E-state index in [1.54, 1.807) is 0 Å². The molecule has 0 aliphatic carbocycles. The average molecular weight is 471 g/mol. The molecule has 0 aliphatic rings. The summed E-state index contributed by atoms with van der Waals surface area (Å²) in [6.45, 7) is 10.6. The molecule has 1 unspecified atom stereocenters. The summed E-state index contributed by atoms with van der Waals surface area (Å²) in [5, 5.41) is 10.5. The van der Waals surface area contributed by atoms with Crippen molar-refractivity contribution >= 4 is 29.9 Å². The molecule has 1 atom stereocenters. The van der Waals surface area contributed by atoms with Crippen molar-refractivity contribution in [1.82, 2.24) is 20.8 Å². The Bertz CT molecular complexity index is 686. The molecule has 1 aromatic heterocycles. The predicted molar refractivity (Wildman–Crippen MR) is 116 cm³/mol. The fourth-order valence-electron chi connectivity index (χ4n) is 2.54. The lowest BCUT2D eigenvalue weighted by Crippen LogP contribution is -2.38. The van der Waals surface area contributed by atoms with E-state index in [1.165, 1.54) is 11.1 Å². The van der Waals surface area contributed by atoms with E-state index in [1.807, 2.05) is 6.92 Å². The first kappa shape index (κ1) is 22.4. The number of rotatable bonds is 8. The van der Waals surface area contributed by atoms with Gasteiger partial charge in [-0.3, -0.25) is 4.99 Å². The normalized spacial score (nSPS) is 12.4. The van der Waals surface area contributed by atoms with Gasteiger partial charge in [0.2, 0.25) is 5.89 Å². The van der Waals surface area contributed by atoms with E-state index in [4.69, 9.17) is 9.52 Å². The van der Waals surface area contributed by atoms with Crippen molar-refractivity contribution in [1.29, 1.82) is 0 Å². The quantitative estimate of drug-likeness (QED) is 0.266. The summed E-state index contributed by atoms with van der Waals surface area (Å²) in [5.74, 6) is 2.61. The molecule has 1 aromatic carbocycles. The minimum Gasteiger partial charge on any atom is -0.357 e. The van der Waals surface area contributed by atoms with Crippen molar-refractivity contribution in [3.05, 3.63) is 47.1 Å². The Morgan fingerprint density at radius 1 is 1.27 bits per heavy atom. The van der Waals surface area contributed by atoms with Crippen molar-refractivity contribution in [2.24, 2.45) is 4.99 Å². The second-order valence-electron chi connectivity index (χ2n) is 6.30. The van der Waals surface area contributed by atoms with E-state index in [9.17, 15) is 0 Å². The van der Waals surface area contributed by atoms with Crippen LogP contribution >= 0.6 is 24.0 Å². The zero-order chi connectivity index (χ0) is 18.1. The van der Waals surface area contributed by atoms with Gasteiger partial charge in [-0.2, -0.15) is 4.98 Å². The van der Waals surface area contributed by atoms with Crippen molar-refractivity contribution in [2.75, 3.05) is 19.6 Å². The number of aliphatic imine (C=N–C) groups is 1. The Kier molecular flexibility index (Phi) is 10.2. The number of halogens is 1. The highest BCUT2D eigenvalue weighted by molar-refractivity contribution is 14.0. The van der Waals surface area contributed by atoms with Gasteiger partial charge in [0, 0.05) is 32.0 Å². The van der Waals surface area contributed by atoms with Crippen LogP contribution in [0.2, 0.25) is 0 Å². The molecule has 0 aliphatic heterocycles. The summed E-state index contributed by atoms with van der Waals surface area (Å²) in [7, 11) is 0. The van der Waals surface area contributed by atoms with E-state index >= 15 is 0 Å². The molecular weight excluding hydrogens is 441 g/mol. The van der Waals surface area contributed by atoms with Gasteiger partial charge in [-0.1, -0.05) is 41.9 Å². The number of aromatic nitrogens is 2. The van der Waals surface area contributed by atoms with Crippen LogP contribution in [-0.2, 0) is 6.42 Å². The molecule has 0 saturated carbocycles. The average Bonchev–Trinajstić information content (AvgIpc) is 3.01. The van der Waals surface area contributed by atoms with Gasteiger partial charge < -0.3 is 15.2 Å². The maximum Gasteiger partial charge on any atom is 0.226 e. The number of hydrogen-bond acceptors (Lipinski definition) is 4. The monoisotopic (exact) mass is 471 g/mol. The topological polar surface area (TPSA) is 75.3 Å². The standard InChI is InChI=1S/C19H29N5O.HI/c1-5-20-19(21-11-7-10-18-23-16(4)24-25-18)22-13-15(3)17-9-6-8-14(2)12-17;/h6,8-9,12,15H,5,7,10-11,13H2,1-4H3,(H2,20,21,22);1H. The third kappa shape index (κ3) is 7.72. The number of nitrogens with zero attached hydrogens (tertiary/aromatic N) is 3. The molecule has 0 spiro atoms. The lowest BCUT2D eigenvalue weighted by atomic mass is 10.00. The van der Waals surface area contributed by atoms with Crippen LogP contribution in [0.1, 0.15) is 49.0 Å². The highest BCUT2D eigenvalue weighted by Crippen LogP contribution is 2.16. The Morgan fingerprint density at radius 2 is 2.08 bits per heavy atom. The first-order chi connectivity index (χ1) is 12.1. The minimum absolute atomic E-state index is 0. The largest absolute Gasteiger partial charge is 0.357 e. The van der Waals surface area contributed by atoms with Gasteiger partial charge in [-0.25, -0.2) is 0 Å². The van der Waals surface area contributed by atoms with Gasteiger partial charge in [-0.15, -0.1) is 24.0 Å². The predicted octanol–water partition coefficient (Wildman–Crippen LogP) is 3.60. The molecule has 0 bridgehead atoms. The molecule has 6 nitrogen and oxygen atoms in total. The van der Waals surface area contributed by atoms with Gasteiger partial charge in [0.1, 0.15) is 0 Å².